The molecular formula is C16H22FN3. The summed E-state index contributed by atoms with van der Waals surface area (Å²) in [5, 5.41) is 8.87. The molecule has 0 amide bonds. The van der Waals surface area contributed by atoms with Gasteiger partial charge >= 0.3 is 0 Å². The monoisotopic (exact) mass is 275 g/mol. The maximum atomic E-state index is 13.4. The van der Waals surface area contributed by atoms with Gasteiger partial charge in [0, 0.05) is 13.1 Å². The number of nitriles is 1. The molecule has 108 valence electrons. The molecular weight excluding hydrogens is 253 g/mol. The predicted octanol–water partition coefficient (Wildman–Crippen LogP) is 2.47. The third kappa shape index (κ3) is 4.29. The number of halogens is 1. The molecule has 0 aliphatic carbocycles. The van der Waals surface area contributed by atoms with E-state index in [0.717, 1.165) is 31.1 Å². The van der Waals surface area contributed by atoms with Crippen molar-refractivity contribution in [2.45, 2.75) is 19.4 Å². The summed E-state index contributed by atoms with van der Waals surface area (Å²) in [7, 11) is 4.23. The van der Waals surface area contributed by atoms with Crippen molar-refractivity contribution in [1.29, 1.82) is 5.26 Å². The summed E-state index contributed by atoms with van der Waals surface area (Å²) in [5.41, 5.74) is 1.27. The standard InChI is InChI=1S/C16H22FN3/c1-19-5-3-13(4-6-19)11-20(2)12-15-7-14(10-18)8-16(17)9-15/h7-9,13H,3-6,11-12H2,1-2H3. The summed E-state index contributed by atoms with van der Waals surface area (Å²) < 4.78 is 13.4. The highest BCUT2D eigenvalue weighted by Gasteiger charge is 2.18. The van der Waals surface area contributed by atoms with Crippen molar-refractivity contribution in [3.05, 3.63) is 35.1 Å². The van der Waals surface area contributed by atoms with Gasteiger partial charge in [0.2, 0.25) is 0 Å². The van der Waals surface area contributed by atoms with E-state index in [2.05, 4.69) is 23.9 Å². The van der Waals surface area contributed by atoms with Crippen molar-refractivity contribution < 1.29 is 4.39 Å². The van der Waals surface area contributed by atoms with Gasteiger partial charge in [0.05, 0.1) is 11.6 Å². The SMILES string of the molecule is CN1CCC(CN(C)Cc2cc(F)cc(C#N)c2)CC1. The maximum Gasteiger partial charge on any atom is 0.124 e. The molecule has 0 bridgehead atoms. The lowest BCUT2D eigenvalue weighted by Crippen LogP contribution is -2.35. The van der Waals surface area contributed by atoms with E-state index in [9.17, 15) is 4.39 Å². The van der Waals surface area contributed by atoms with Crippen molar-refractivity contribution in [3.8, 4) is 6.07 Å². The first-order valence-corrected chi connectivity index (χ1v) is 7.13. The number of likely N-dealkylation sites (tertiary alicyclic amines) is 1. The van der Waals surface area contributed by atoms with Gasteiger partial charge in [-0.25, -0.2) is 4.39 Å². The summed E-state index contributed by atoms with van der Waals surface area (Å²) in [6.45, 7) is 4.05. The van der Waals surface area contributed by atoms with Crippen LogP contribution >= 0.6 is 0 Å². The van der Waals surface area contributed by atoms with Crippen LogP contribution in [0, 0.1) is 23.1 Å². The first kappa shape index (κ1) is 15.0. The fraction of sp³-hybridized carbons (Fsp3) is 0.562. The molecule has 2 rings (SSSR count). The van der Waals surface area contributed by atoms with E-state index in [1.807, 2.05) is 6.07 Å². The topological polar surface area (TPSA) is 30.3 Å². The van der Waals surface area contributed by atoms with E-state index in [4.69, 9.17) is 5.26 Å². The Hall–Kier alpha value is -1.44. The summed E-state index contributed by atoms with van der Waals surface area (Å²) in [5.74, 6) is 0.395. The highest BCUT2D eigenvalue weighted by atomic mass is 19.1. The van der Waals surface area contributed by atoms with Gasteiger partial charge in [0.15, 0.2) is 0 Å². The molecule has 20 heavy (non-hydrogen) atoms. The summed E-state index contributed by atoms with van der Waals surface area (Å²) in [6.07, 6.45) is 2.46. The zero-order valence-electron chi connectivity index (χ0n) is 12.3. The Morgan fingerprint density at radius 1 is 1.35 bits per heavy atom. The molecule has 4 heteroatoms. The molecule has 1 saturated heterocycles. The first-order valence-electron chi connectivity index (χ1n) is 7.13. The van der Waals surface area contributed by atoms with Crippen molar-refractivity contribution in [3.63, 3.8) is 0 Å². The van der Waals surface area contributed by atoms with Gasteiger partial charge in [-0.3, -0.25) is 0 Å². The van der Waals surface area contributed by atoms with Crippen LogP contribution in [0.25, 0.3) is 0 Å². The molecule has 0 atom stereocenters. The van der Waals surface area contributed by atoms with E-state index in [0.29, 0.717) is 12.1 Å². The summed E-state index contributed by atoms with van der Waals surface area (Å²) >= 11 is 0. The average Bonchev–Trinajstić information content (AvgIpc) is 2.40. The minimum Gasteiger partial charge on any atom is -0.306 e. The lowest BCUT2D eigenvalue weighted by Gasteiger charge is -2.31. The third-order valence-corrected chi connectivity index (χ3v) is 3.95. The van der Waals surface area contributed by atoms with Crippen LogP contribution in [0.1, 0.15) is 24.0 Å². The molecule has 0 N–H and O–H groups in total. The van der Waals surface area contributed by atoms with Crippen LogP contribution in [0.4, 0.5) is 4.39 Å². The van der Waals surface area contributed by atoms with E-state index in [-0.39, 0.29) is 5.82 Å². The number of piperidine rings is 1. The van der Waals surface area contributed by atoms with Crippen molar-refractivity contribution >= 4 is 0 Å². The summed E-state index contributed by atoms with van der Waals surface area (Å²) in [4.78, 5) is 4.59. The lowest BCUT2D eigenvalue weighted by molar-refractivity contribution is 0.173. The van der Waals surface area contributed by atoms with Gasteiger partial charge in [0.25, 0.3) is 0 Å². The molecule has 1 aromatic carbocycles. The second-order valence-electron chi connectivity index (χ2n) is 5.90. The Kier molecular flexibility index (Phi) is 5.11. The number of hydrogen-bond acceptors (Lipinski definition) is 3. The minimum absolute atomic E-state index is 0.327. The Bertz CT molecular complexity index is 487. The number of nitrogens with zero attached hydrogens (tertiary/aromatic N) is 3. The Balaban J connectivity index is 1.89. The Morgan fingerprint density at radius 3 is 2.70 bits per heavy atom. The second kappa shape index (κ2) is 6.83. The molecule has 0 aromatic heterocycles. The van der Waals surface area contributed by atoms with Gasteiger partial charge < -0.3 is 9.80 Å². The molecule has 0 radical (unpaired) electrons. The number of rotatable bonds is 4. The molecule has 1 fully saturated rings. The zero-order valence-corrected chi connectivity index (χ0v) is 12.3. The van der Waals surface area contributed by atoms with Gasteiger partial charge in [-0.1, -0.05) is 0 Å². The normalized spacial score (nSPS) is 17.4. The van der Waals surface area contributed by atoms with Crippen molar-refractivity contribution in [1.82, 2.24) is 9.80 Å². The Morgan fingerprint density at radius 2 is 2.05 bits per heavy atom. The molecule has 1 aliphatic heterocycles. The van der Waals surface area contributed by atoms with Gasteiger partial charge in [-0.15, -0.1) is 0 Å². The third-order valence-electron chi connectivity index (χ3n) is 3.95. The molecule has 0 spiro atoms. The fourth-order valence-corrected chi connectivity index (χ4v) is 2.87. The fourth-order valence-electron chi connectivity index (χ4n) is 2.87. The molecule has 1 aliphatic rings. The van der Waals surface area contributed by atoms with E-state index in [1.54, 1.807) is 6.07 Å². The minimum atomic E-state index is -0.327. The average molecular weight is 275 g/mol. The second-order valence-corrected chi connectivity index (χ2v) is 5.90. The first-order chi connectivity index (χ1) is 9.56. The van der Waals surface area contributed by atoms with Crippen molar-refractivity contribution in [2.24, 2.45) is 5.92 Å². The van der Waals surface area contributed by atoms with E-state index >= 15 is 0 Å². The van der Waals surface area contributed by atoms with Crippen molar-refractivity contribution in [2.75, 3.05) is 33.7 Å². The zero-order chi connectivity index (χ0) is 14.5. The van der Waals surface area contributed by atoms with Gasteiger partial charge in [0.1, 0.15) is 5.82 Å². The van der Waals surface area contributed by atoms with Crippen LogP contribution in [0.15, 0.2) is 18.2 Å². The molecule has 0 saturated carbocycles. The van der Waals surface area contributed by atoms with Gasteiger partial charge in [-0.05, 0) is 69.7 Å². The maximum absolute atomic E-state index is 13.4. The van der Waals surface area contributed by atoms with Crippen LogP contribution < -0.4 is 0 Å². The quantitative estimate of drug-likeness (QED) is 0.845. The highest BCUT2D eigenvalue weighted by Crippen LogP contribution is 2.18. The van der Waals surface area contributed by atoms with Crippen LogP contribution in [-0.2, 0) is 6.54 Å². The van der Waals surface area contributed by atoms with Gasteiger partial charge in [-0.2, -0.15) is 5.26 Å². The molecule has 0 unspecified atom stereocenters. The molecule has 1 aromatic rings. The summed E-state index contributed by atoms with van der Waals surface area (Å²) in [6, 6.07) is 6.57. The highest BCUT2D eigenvalue weighted by molar-refractivity contribution is 5.33. The largest absolute Gasteiger partial charge is 0.306 e. The van der Waals surface area contributed by atoms with Crippen LogP contribution in [0.5, 0.6) is 0 Å². The molecule has 3 nitrogen and oxygen atoms in total. The number of benzene rings is 1. The van der Waals surface area contributed by atoms with Crippen LogP contribution in [0.2, 0.25) is 0 Å². The van der Waals surface area contributed by atoms with Crippen LogP contribution in [-0.4, -0.2) is 43.5 Å². The molecule has 1 heterocycles. The lowest BCUT2D eigenvalue weighted by atomic mass is 9.96. The smallest absolute Gasteiger partial charge is 0.124 e. The predicted molar refractivity (Wildman–Crippen MR) is 77.7 cm³/mol. The number of hydrogen-bond donors (Lipinski definition) is 0. The van der Waals surface area contributed by atoms with E-state index < -0.39 is 0 Å². The van der Waals surface area contributed by atoms with Crippen LogP contribution in [0.3, 0.4) is 0 Å². The van der Waals surface area contributed by atoms with E-state index in [1.165, 1.54) is 25.0 Å². The Labute approximate surface area is 120 Å².